The Hall–Kier alpha value is -1.59. The van der Waals surface area contributed by atoms with Gasteiger partial charge in [0.1, 0.15) is 0 Å². The highest BCUT2D eigenvalue weighted by molar-refractivity contribution is 5.84. The van der Waals surface area contributed by atoms with Crippen molar-refractivity contribution in [3.63, 3.8) is 0 Å². The highest BCUT2D eigenvalue weighted by atomic mass is 16.4. The van der Waals surface area contributed by atoms with Crippen LogP contribution in [-0.2, 0) is 14.4 Å². The average molecular weight is 310 g/mol. The number of carboxylic acid groups (broad SMARTS) is 1. The predicted octanol–water partition coefficient (Wildman–Crippen LogP) is 1.44. The summed E-state index contributed by atoms with van der Waals surface area (Å²) in [6.07, 6.45) is 8.17. The van der Waals surface area contributed by atoms with Gasteiger partial charge in [-0.05, 0) is 31.6 Å². The van der Waals surface area contributed by atoms with E-state index < -0.39 is 5.97 Å². The van der Waals surface area contributed by atoms with E-state index in [0.717, 1.165) is 6.42 Å². The highest BCUT2D eigenvalue weighted by Crippen LogP contribution is 2.28. The van der Waals surface area contributed by atoms with E-state index in [2.05, 4.69) is 10.6 Å². The largest absolute Gasteiger partial charge is 0.481 e. The van der Waals surface area contributed by atoms with Crippen LogP contribution >= 0.6 is 0 Å². The summed E-state index contributed by atoms with van der Waals surface area (Å²) in [6, 6.07) is -0.0796. The quantitative estimate of drug-likeness (QED) is 0.663. The molecule has 0 unspecified atom stereocenters. The lowest BCUT2D eigenvalue weighted by atomic mass is 10.0. The van der Waals surface area contributed by atoms with E-state index >= 15 is 0 Å². The van der Waals surface area contributed by atoms with Gasteiger partial charge in [-0.25, -0.2) is 0 Å². The standard InChI is InChI=1S/C16H26N2O4/c19-14(8-5-11-3-1-2-4-11)17-10-15(20)18-13-7-6-12(9-13)16(21)22/h11-13H,1-10H2,(H,17,19)(H,18,20)(H,21,22)/t12-,13+/m0/s1. The van der Waals surface area contributed by atoms with Crippen molar-refractivity contribution in [3.05, 3.63) is 0 Å². The molecule has 22 heavy (non-hydrogen) atoms. The van der Waals surface area contributed by atoms with Crippen molar-refractivity contribution in [2.75, 3.05) is 6.54 Å². The molecule has 6 nitrogen and oxygen atoms in total. The van der Waals surface area contributed by atoms with E-state index in [0.29, 0.717) is 31.6 Å². The molecule has 0 aromatic heterocycles. The fourth-order valence-corrected chi connectivity index (χ4v) is 3.52. The van der Waals surface area contributed by atoms with E-state index in [9.17, 15) is 14.4 Å². The molecule has 3 N–H and O–H groups in total. The second-order valence-corrected chi connectivity index (χ2v) is 6.58. The fraction of sp³-hybridized carbons (Fsp3) is 0.812. The molecule has 0 bridgehead atoms. The first-order chi connectivity index (χ1) is 10.5. The maximum Gasteiger partial charge on any atom is 0.306 e. The maximum absolute atomic E-state index is 11.8. The van der Waals surface area contributed by atoms with Gasteiger partial charge in [0.2, 0.25) is 11.8 Å². The smallest absolute Gasteiger partial charge is 0.306 e. The zero-order valence-corrected chi connectivity index (χ0v) is 13.0. The number of hydrogen-bond donors (Lipinski definition) is 3. The Kier molecular flexibility index (Phi) is 6.21. The zero-order valence-electron chi connectivity index (χ0n) is 13.0. The minimum absolute atomic E-state index is 0.0161. The van der Waals surface area contributed by atoms with Crippen LogP contribution in [0.1, 0.15) is 57.8 Å². The summed E-state index contributed by atoms with van der Waals surface area (Å²) >= 11 is 0. The first-order valence-corrected chi connectivity index (χ1v) is 8.33. The SMILES string of the molecule is O=C(CCC1CCCC1)NCC(=O)N[C@@H]1CC[C@H](C(=O)O)C1. The van der Waals surface area contributed by atoms with Gasteiger partial charge in [-0.1, -0.05) is 25.7 Å². The van der Waals surface area contributed by atoms with Gasteiger partial charge < -0.3 is 15.7 Å². The van der Waals surface area contributed by atoms with Crippen LogP contribution in [0.3, 0.4) is 0 Å². The highest BCUT2D eigenvalue weighted by Gasteiger charge is 2.30. The number of amides is 2. The molecule has 0 aromatic carbocycles. The van der Waals surface area contributed by atoms with Crippen LogP contribution < -0.4 is 10.6 Å². The molecule has 2 saturated carbocycles. The minimum Gasteiger partial charge on any atom is -0.481 e. The van der Waals surface area contributed by atoms with Crippen LogP contribution in [0.2, 0.25) is 0 Å². The lowest BCUT2D eigenvalue weighted by Crippen LogP contribution is -2.41. The summed E-state index contributed by atoms with van der Waals surface area (Å²) in [5, 5.41) is 14.4. The summed E-state index contributed by atoms with van der Waals surface area (Å²) in [6.45, 7) is -0.0161. The molecule has 0 radical (unpaired) electrons. The van der Waals surface area contributed by atoms with Gasteiger partial charge in [0.15, 0.2) is 0 Å². The van der Waals surface area contributed by atoms with E-state index in [4.69, 9.17) is 5.11 Å². The second kappa shape index (κ2) is 8.15. The van der Waals surface area contributed by atoms with E-state index in [1.54, 1.807) is 0 Å². The number of nitrogens with one attached hydrogen (secondary N) is 2. The summed E-state index contributed by atoms with van der Waals surface area (Å²) in [5.74, 6) is -0.781. The molecule has 2 aliphatic carbocycles. The van der Waals surface area contributed by atoms with Gasteiger partial charge in [0.05, 0.1) is 12.5 Å². The molecule has 124 valence electrons. The summed E-state index contributed by atoms with van der Waals surface area (Å²) < 4.78 is 0. The molecule has 2 rings (SSSR count). The second-order valence-electron chi connectivity index (χ2n) is 6.58. The Balaban J connectivity index is 1.57. The molecule has 0 aromatic rings. The van der Waals surface area contributed by atoms with Crippen molar-refractivity contribution < 1.29 is 19.5 Å². The number of carbonyl (C=O) groups excluding carboxylic acids is 2. The molecule has 2 aliphatic rings. The minimum atomic E-state index is -0.794. The van der Waals surface area contributed by atoms with Crippen molar-refractivity contribution in [3.8, 4) is 0 Å². The third kappa shape index (κ3) is 5.31. The van der Waals surface area contributed by atoms with Crippen molar-refractivity contribution in [2.24, 2.45) is 11.8 Å². The predicted molar refractivity (Wildman–Crippen MR) is 81.1 cm³/mol. The molecule has 2 fully saturated rings. The number of carbonyl (C=O) groups is 3. The van der Waals surface area contributed by atoms with Crippen LogP contribution in [0.25, 0.3) is 0 Å². The Morgan fingerprint density at radius 3 is 2.36 bits per heavy atom. The third-order valence-corrected chi connectivity index (χ3v) is 4.85. The molecule has 0 spiro atoms. The summed E-state index contributed by atoms with van der Waals surface area (Å²) in [5.41, 5.74) is 0. The molecular weight excluding hydrogens is 284 g/mol. The van der Waals surface area contributed by atoms with Crippen molar-refractivity contribution >= 4 is 17.8 Å². The first-order valence-electron chi connectivity index (χ1n) is 8.33. The van der Waals surface area contributed by atoms with E-state index in [1.165, 1.54) is 25.7 Å². The molecular formula is C16H26N2O4. The Morgan fingerprint density at radius 1 is 1.00 bits per heavy atom. The normalized spacial score (nSPS) is 25.1. The molecule has 6 heteroatoms. The van der Waals surface area contributed by atoms with E-state index in [-0.39, 0.29) is 30.3 Å². The Morgan fingerprint density at radius 2 is 1.73 bits per heavy atom. The fourth-order valence-electron chi connectivity index (χ4n) is 3.52. The van der Waals surface area contributed by atoms with Crippen LogP contribution in [0.4, 0.5) is 0 Å². The third-order valence-electron chi connectivity index (χ3n) is 4.85. The maximum atomic E-state index is 11.8. The molecule has 2 amide bonds. The summed E-state index contributed by atoms with van der Waals surface area (Å²) in [4.78, 5) is 34.3. The number of carboxylic acids is 1. The molecule has 0 heterocycles. The monoisotopic (exact) mass is 310 g/mol. The van der Waals surface area contributed by atoms with Gasteiger partial charge in [0, 0.05) is 12.5 Å². The van der Waals surface area contributed by atoms with Gasteiger partial charge in [0.25, 0.3) is 0 Å². The number of hydrogen-bond acceptors (Lipinski definition) is 3. The average Bonchev–Trinajstić information content (AvgIpc) is 3.14. The van der Waals surface area contributed by atoms with Gasteiger partial charge in [-0.15, -0.1) is 0 Å². The van der Waals surface area contributed by atoms with Crippen LogP contribution in [0, 0.1) is 11.8 Å². The van der Waals surface area contributed by atoms with E-state index in [1.807, 2.05) is 0 Å². The van der Waals surface area contributed by atoms with Crippen molar-refractivity contribution in [1.29, 1.82) is 0 Å². The Bertz CT molecular complexity index is 418. The zero-order chi connectivity index (χ0) is 15.9. The first kappa shape index (κ1) is 16.8. The number of aliphatic carboxylic acids is 1. The lowest BCUT2D eigenvalue weighted by Gasteiger charge is -2.13. The van der Waals surface area contributed by atoms with Crippen molar-refractivity contribution in [2.45, 2.75) is 63.8 Å². The van der Waals surface area contributed by atoms with Crippen LogP contribution in [-0.4, -0.2) is 35.5 Å². The lowest BCUT2D eigenvalue weighted by molar-refractivity contribution is -0.141. The summed E-state index contributed by atoms with van der Waals surface area (Å²) in [7, 11) is 0. The topological polar surface area (TPSA) is 95.5 Å². The van der Waals surface area contributed by atoms with Crippen molar-refractivity contribution in [1.82, 2.24) is 10.6 Å². The molecule has 0 saturated heterocycles. The van der Waals surface area contributed by atoms with Gasteiger partial charge >= 0.3 is 5.97 Å². The molecule has 2 atom stereocenters. The molecule has 0 aliphatic heterocycles. The Labute approximate surface area is 131 Å². The van der Waals surface area contributed by atoms with Gasteiger partial charge in [-0.2, -0.15) is 0 Å². The van der Waals surface area contributed by atoms with Gasteiger partial charge in [-0.3, -0.25) is 14.4 Å². The number of rotatable bonds is 7. The van der Waals surface area contributed by atoms with Crippen LogP contribution in [0.5, 0.6) is 0 Å². The van der Waals surface area contributed by atoms with Crippen LogP contribution in [0.15, 0.2) is 0 Å².